The Kier molecular flexibility index (Phi) is 5.13. The molecule has 1 atom stereocenters. The zero-order valence-corrected chi connectivity index (χ0v) is 17.4. The van der Waals surface area contributed by atoms with Crippen LogP contribution in [0.3, 0.4) is 0 Å². The third kappa shape index (κ3) is 4.03. The van der Waals surface area contributed by atoms with E-state index in [1.54, 1.807) is 6.20 Å². The minimum absolute atomic E-state index is 0.0192. The molecule has 0 amide bonds. The monoisotopic (exact) mass is 432 g/mol. The van der Waals surface area contributed by atoms with Gasteiger partial charge >= 0.3 is 5.69 Å². The minimum Gasteiger partial charge on any atom is -0.357 e. The highest BCUT2D eigenvalue weighted by Gasteiger charge is 2.31. The summed E-state index contributed by atoms with van der Waals surface area (Å²) in [5.74, 6) is 0.931. The second-order valence-electron chi connectivity index (χ2n) is 7.12. The molecule has 1 saturated heterocycles. The fraction of sp³-hybridized carbons (Fsp3) is 0.316. The van der Waals surface area contributed by atoms with Gasteiger partial charge in [-0.05, 0) is 18.4 Å². The first-order chi connectivity index (χ1) is 13.8. The van der Waals surface area contributed by atoms with Gasteiger partial charge in [0.2, 0.25) is 0 Å². The van der Waals surface area contributed by atoms with Crippen LogP contribution in [-0.4, -0.2) is 42.7 Å². The second kappa shape index (κ2) is 7.60. The van der Waals surface area contributed by atoms with Gasteiger partial charge in [0.25, 0.3) is 0 Å². The third-order valence-electron chi connectivity index (χ3n) is 5.01. The number of aromatic amines is 1. The van der Waals surface area contributed by atoms with Crippen LogP contribution in [0.4, 0.5) is 10.7 Å². The molecule has 10 heteroatoms. The Hall–Kier alpha value is -2.72. The van der Waals surface area contributed by atoms with Crippen LogP contribution >= 0.6 is 11.3 Å². The van der Waals surface area contributed by atoms with E-state index >= 15 is 0 Å². The third-order valence-corrected chi connectivity index (χ3v) is 8.00. The predicted octanol–water partition coefficient (Wildman–Crippen LogP) is 3.83. The quantitative estimate of drug-likeness (QED) is 0.485. The lowest BCUT2D eigenvalue weighted by Crippen LogP contribution is -2.34. The number of benzene rings is 1. The maximum Gasteiger partial charge on any atom is 0.305 e. The van der Waals surface area contributed by atoms with Crippen LogP contribution in [0.1, 0.15) is 24.6 Å². The Bertz CT molecular complexity index is 1140. The molecular formula is C19H20N4O4S2. The highest BCUT2D eigenvalue weighted by Crippen LogP contribution is 2.42. The van der Waals surface area contributed by atoms with Gasteiger partial charge in [-0.1, -0.05) is 41.7 Å². The van der Waals surface area contributed by atoms with Crippen LogP contribution in [0.5, 0.6) is 0 Å². The van der Waals surface area contributed by atoms with E-state index in [9.17, 15) is 18.5 Å². The number of sulfone groups is 1. The van der Waals surface area contributed by atoms with Crippen molar-refractivity contribution in [2.24, 2.45) is 0 Å². The number of rotatable bonds is 5. The standard InChI is InChI=1S/C19H20N4O4S2/c1-29(26,27)17-10-16(23(24)25)19(28-17)22-9-5-8-14(12-22)18-20-11-15(21-18)13-6-3-2-4-7-13/h2-4,6-7,10-11,14H,5,8-9,12H2,1H3,(H,20,21). The summed E-state index contributed by atoms with van der Waals surface area (Å²) in [4.78, 5) is 20.8. The van der Waals surface area contributed by atoms with Crippen LogP contribution in [0.25, 0.3) is 11.3 Å². The first kappa shape index (κ1) is 19.6. The van der Waals surface area contributed by atoms with Crippen LogP contribution in [-0.2, 0) is 9.84 Å². The Morgan fingerprint density at radius 1 is 1.31 bits per heavy atom. The predicted molar refractivity (Wildman–Crippen MR) is 112 cm³/mol. The molecule has 152 valence electrons. The summed E-state index contributed by atoms with van der Waals surface area (Å²) in [6.45, 7) is 1.19. The molecule has 0 bridgehead atoms. The number of hydrogen-bond acceptors (Lipinski definition) is 7. The summed E-state index contributed by atoms with van der Waals surface area (Å²) in [7, 11) is -3.50. The van der Waals surface area contributed by atoms with Crippen molar-refractivity contribution in [2.45, 2.75) is 23.0 Å². The van der Waals surface area contributed by atoms with Crippen LogP contribution in [0.15, 0.2) is 46.8 Å². The molecule has 1 aliphatic rings. The summed E-state index contributed by atoms with van der Waals surface area (Å²) >= 11 is 0.966. The molecule has 2 aromatic heterocycles. The number of aromatic nitrogens is 2. The average molecular weight is 433 g/mol. The lowest BCUT2D eigenvalue weighted by molar-refractivity contribution is -0.383. The zero-order valence-electron chi connectivity index (χ0n) is 15.7. The summed E-state index contributed by atoms with van der Waals surface area (Å²) in [6, 6.07) is 11.1. The average Bonchev–Trinajstić information content (AvgIpc) is 3.36. The lowest BCUT2D eigenvalue weighted by Gasteiger charge is -2.32. The van der Waals surface area contributed by atoms with Gasteiger partial charge in [0.1, 0.15) is 10.0 Å². The zero-order chi connectivity index (χ0) is 20.6. The van der Waals surface area contributed by atoms with Crippen molar-refractivity contribution < 1.29 is 13.3 Å². The number of piperidine rings is 1. The van der Waals surface area contributed by atoms with Crippen molar-refractivity contribution in [1.29, 1.82) is 0 Å². The number of H-pyrrole nitrogens is 1. The van der Waals surface area contributed by atoms with Gasteiger partial charge < -0.3 is 9.88 Å². The molecule has 0 saturated carbocycles. The molecular weight excluding hydrogens is 412 g/mol. The first-order valence-corrected chi connectivity index (χ1v) is 11.9. The molecule has 0 spiro atoms. The lowest BCUT2D eigenvalue weighted by atomic mass is 9.97. The highest BCUT2D eigenvalue weighted by molar-refractivity contribution is 7.92. The van der Waals surface area contributed by atoms with E-state index in [-0.39, 0.29) is 15.8 Å². The maximum absolute atomic E-state index is 11.9. The Morgan fingerprint density at radius 3 is 2.76 bits per heavy atom. The van der Waals surface area contributed by atoms with Gasteiger partial charge in [0.15, 0.2) is 14.8 Å². The Morgan fingerprint density at radius 2 is 2.07 bits per heavy atom. The van der Waals surface area contributed by atoms with Crippen LogP contribution < -0.4 is 4.90 Å². The molecule has 1 fully saturated rings. The molecule has 1 aliphatic heterocycles. The molecule has 29 heavy (non-hydrogen) atoms. The molecule has 3 heterocycles. The molecule has 0 aliphatic carbocycles. The first-order valence-electron chi connectivity index (χ1n) is 9.16. The van der Waals surface area contributed by atoms with E-state index in [0.717, 1.165) is 47.5 Å². The van der Waals surface area contributed by atoms with E-state index in [2.05, 4.69) is 9.97 Å². The summed E-state index contributed by atoms with van der Waals surface area (Å²) in [5.41, 5.74) is 1.82. The number of anilines is 1. The van der Waals surface area contributed by atoms with Crippen molar-refractivity contribution in [3.63, 3.8) is 0 Å². The molecule has 1 N–H and O–H groups in total. The maximum atomic E-state index is 11.9. The van der Waals surface area contributed by atoms with Gasteiger partial charge in [0, 0.05) is 31.3 Å². The molecule has 3 aromatic rings. The van der Waals surface area contributed by atoms with Crippen molar-refractivity contribution in [1.82, 2.24) is 9.97 Å². The summed E-state index contributed by atoms with van der Waals surface area (Å²) in [6.07, 6.45) is 4.63. The second-order valence-corrected chi connectivity index (χ2v) is 10.4. The van der Waals surface area contributed by atoms with Gasteiger partial charge in [-0.15, -0.1) is 0 Å². The molecule has 4 rings (SSSR count). The van der Waals surface area contributed by atoms with E-state index in [1.807, 2.05) is 35.2 Å². The van der Waals surface area contributed by atoms with Crippen molar-refractivity contribution in [3.05, 3.63) is 58.5 Å². The molecule has 1 aromatic carbocycles. The molecule has 1 unspecified atom stereocenters. The topological polar surface area (TPSA) is 109 Å². The number of nitrogens with one attached hydrogen (secondary N) is 1. The van der Waals surface area contributed by atoms with Crippen molar-refractivity contribution >= 4 is 31.9 Å². The van der Waals surface area contributed by atoms with Crippen molar-refractivity contribution in [2.75, 3.05) is 24.2 Å². The van der Waals surface area contributed by atoms with Gasteiger partial charge in [0.05, 0.1) is 16.8 Å². The fourth-order valence-electron chi connectivity index (χ4n) is 3.58. The van der Waals surface area contributed by atoms with E-state index in [1.165, 1.54) is 6.07 Å². The molecule has 0 radical (unpaired) electrons. The number of nitro groups is 1. The molecule has 8 nitrogen and oxygen atoms in total. The smallest absolute Gasteiger partial charge is 0.305 e. The van der Waals surface area contributed by atoms with Crippen LogP contribution in [0.2, 0.25) is 0 Å². The normalized spacial score (nSPS) is 17.4. The van der Waals surface area contributed by atoms with Gasteiger partial charge in [-0.3, -0.25) is 10.1 Å². The summed E-state index contributed by atoms with van der Waals surface area (Å²) < 4.78 is 23.8. The van der Waals surface area contributed by atoms with E-state index < -0.39 is 14.8 Å². The minimum atomic E-state index is -3.50. The number of imidazole rings is 1. The van der Waals surface area contributed by atoms with Gasteiger partial charge in [-0.2, -0.15) is 0 Å². The van der Waals surface area contributed by atoms with Gasteiger partial charge in [-0.25, -0.2) is 13.4 Å². The summed E-state index contributed by atoms with van der Waals surface area (Å²) in [5, 5.41) is 11.9. The Balaban J connectivity index is 1.60. The largest absolute Gasteiger partial charge is 0.357 e. The Labute approximate surface area is 172 Å². The number of thiophene rings is 1. The number of nitrogens with zero attached hydrogens (tertiary/aromatic N) is 3. The van der Waals surface area contributed by atoms with Crippen molar-refractivity contribution in [3.8, 4) is 11.3 Å². The van der Waals surface area contributed by atoms with E-state index in [0.29, 0.717) is 18.1 Å². The SMILES string of the molecule is CS(=O)(=O)c1cc([N+](=O)[O-])c(N2CCCC(c3ncc(-c4ccccc4)[nH]3)C2)s1. The highest BCUT2D eigenvalue weighted by atomic mass is 32.2. The fourth-order valence-corrected chi connectivity index (χ4v) is 5.65. The van der Waals surface area contributed by atoms with E-state index in [4.69, 9.17) is 0 Å². The van der Waals surface area contributed by atoms with Crippen LogP contribution in [0, 0.1) is 10.1 Å². The number of hydrogen-bond donors (Lipinski definition) is 1.